The SMILES string of the molecule is CC(=O)NC(CBC(Cc1ccccc1)NC(=O)OCc1cncs1)Cc1ccccc1. The number of benzene rings is 2. The van der Waals surface area contributed by atoms with Crippen LogP contribution in [0.15, 0.2) is 72.4 Å². The minimum atomic E-state index is -0.446. The highest BCUT2D eigenvalue weighted by Gasteiger charge is 2.19. The van der Waals surface area contributed by atoms with Crippen LogP contribution >= 0.6 is 11.3 Å². The molecule has 1 heterocycles. The van der Waals surface area contributed by atoms with Crippen LogP contribution in [0.2, 0.25) is 6.32 Å². The summed E-state index contributed by atoms with van der Waals surface area (Å²) in [6.07, 6.45) is 3.42. The van der Waals surface area contributed by atoms with Crippen molar-refractivity contribution in [1.29, 1.82) is 0 Å². The van der Waals surface area contributed by atoms with Gasteiger partial charge < -0.3 is 15.4 Å². The maximum Gasteiger partial charge on any atom is 0.407 e. The molecule has 32 heavy (non-hydrogen) atoms. The number of hydrogen-bond acceptors (Lipinski definition) is 5. The number of carbonyl (C=O) groups is 2. The maximum absolute atomic E-state index is 12.4. The Hall–Kier alpha value is -3.13. The largest absolute Gasteiger partial charge is 0.444 e. The topological polar surface area (TPSA) is 80.3 Å². The van der Waals surface area contributed by atoms with Gasteiger partial charge in [0, 0.05) is 25.1 Å². The molecule has 1 aromatic heterocycles. The first-order chi connectivity index (χ1) is 15.6. The van der Waals surface area contributed by atoms with E-state index in [0.29, 0.717) is 13.7 Å². The van der Waals surface area contributed by atoms with Gasteiger partial charge in [0.2, 0.25) is 5.91 Å². The number of nitrogens with one attached hydrogen (secondary N) is 2. The minimum Gasteiger partial charge on any atom is -0.444 e. The fourth-order valence-corrected chi connectivity index (χ4v) is 4.10. The lowest BCUT2D eigenvalue weighted by Gasteiger charge is -2.22. The second-order valence-corrected chi connectivity index (χ2v) is 8.71. The lowest BCUT2D eigenvalue weighted by atomic mass is 9.62. The highest BCUT2D eigenvalue weighted by atomic mass is 32.1. The Balaban J connectivity index is 1.61. The van der Waals surface area contributed by atoms with Crippen molar-refractivity contribution in [3.8, 4) is 0 Å². The first kappa shape index (κ1) is 23.5. The molecule has 0 saturated carbocycles. The Morgan fingerprint density at radius 1 is 1.00 bits per heavy atom. The summed E-state index contributed by atoms with van der Waals surface area (Å²) in [5.41, 5.74) is 4.02. The molecular formula is C24H28BN3O3S. The Bertz CT molecular complexity index is 955. The number of ether oxygens (including phenoxy) is 1. The van der Waals surface area contributed by atoms with Gasteiger partial charge in [0.25, 0.3) is 0 Å². The molecule has 8 heteroatoms. The number of amides is 2. The Morgan fingerprint density at radius 2 is 1.66 bits per heavy atom. The molecular weight excluding hydrogens is 421 g/mol. The van der Waals surface area contributed by atoms with Gasteiger partial charge in [-0.25, -0.2) is 4.79 Å². The number of nitrogens with zero attached hydrogens (tertiary/aromatic N) is 1. The molecule has 166 valence electrons. The van der Waals surface area contributed by atoms with Crippen LogP contribution in [0.1, 0.15) is 22.9 Å². The summed E-state index contributed by atoms with van der Waals surface area (Å²) in [7, 11) is 0.711. The van der Waals surface area contributed by atoms with Crippen LogP contribution < -0.4 is 10.6 Å². The summed E-state index contributed by atoms with van der Waals surface area (Å²) in [5.74, 6) is -0.166. The zero-order chi connectivity index (χ0) is 22.6. The number of aromatic nitrogens is 1. The summed E-state index contributed by atoms with van der Waals surface area (Å²) < 4.78 is 5.37. The average molecular weight is 449 g/mol. The van der Waals surface area contributed by atoms with Crippen molar-refractivity contribution in [3.05, 3.63) is 88.4 Å². The molecule has 0 bridgehead atoms. The van der Waals surface area contributed by atoms with E-state index in [1.807, 2.05) is 48.5 Å². The van der Waals surface area contributed by atoms with Crippen LogP contribution in [0.3, 0.4) is 0 Å². The predicted octanol–water partition coefficient (Wildman–Crippen LogP) is 3.54. The lowest BCUT2D eigenvalue weighted by Crippen LogP contribution is -2.44. The van der Waals surface area contributed by atoms with E-state index in [4.69, 9.17) is 4.74 Å². The zero-order valence-corrected chi connectivity index (χ0v) is 19.0. The molecule has 0 aliphatic heterocycles. The number of hydrogen-bond donors (Lipinski definition) is 2. The number of rotatable bonds is 11. The zero-order valence-electron chi connectivity index (χ0n) is 18.2. The smallest absolute Gasteiger partial charge is 0.407 e. The third-order valence-corrected chi connectivity index (χ3v) is 5.82. The minimum absolute atomic E-state index is 0.0109. The highest BCUT2D eigenvalue weighted by molar-refractivity contribution is 7.09. The van der Waals surface area contributed by atoms with Gasteiger partial charge in [-0.3, -0.25) is 9.78 Å². The standard InChI is InChI=1S/C24H28BN3O3S/c1-18(29)27-21(12-19-8-4-2-5-9-19)14-25-23(13-20-10-6-3-7-11-20)28-24(30)31-16-22-15-26-17-32-22/h2-11,15,17,21,23,25H,12-14,16H2,1H3,(H,27,29)(H,28,30). The van der Waals surface area contributed by atoms with Crippen molar-refractivity contribution < 1.29 is 14.3 Å². The van der Waals surface area contributed by atoms with Gasteiger partial charge in [-0.1, -0.05) is 67.0 Å². The van der Waals surface area contributed by atoms with Gasteiger partial charge >= 0.3 is 6.09 Å². The van der Waals surface area contributed by atoms with Crippen LogP contribution in [-0.4, -0.2) is 36.2 Å². The normalized spacial score (nSPS) is 12.4. The maximum atomic E-state index is 12.4. The van der Waals surface area contributed by atoms with E-state index in [9.17, 15) is 9.59 Å². The van der Waals surface area contributed by atoms with Gasteiger partial charge in [-0.15, -0.1) is 11.3 Å². The third-order valence-electron chi connectivity index (χ3n) is 5.07. The van der Waals surface area contributed by atoms with Gasteiger partial charge in [-0.2, -0.15) is 0 Å². The highest BCUT2D eigenvalue weighted by Crippen LogP contribution is 2.11. The van der Waals surface area contributed by atoms with Crippen molar-refractivity contribution in [1.82, 2.24) is 15.6 Å². The quantitative estimate of drug-likeness (QED) is 0.439. The predicted molar refractivity (Wildman–Crippen MR) is 129 cm³/mol. The number of carbonyl (C=O) groups excluding carboxylic acids is 2. The molecule has 3 aromatic rings. The van der Waals surface area contributed by atoms with Crippen molar-refractivity contribution in [2.24, 2.45) is 0 Å². The van der Waals surface area contributed by atoms with Crippen molar-refractivity contribution >= 4 is 30.6 Å². The van der Waals surface area contributed by atoms with E-state index in [1.165, 1.54) is 23.8 Å². The Labute approximate surface area is 193 Å². The first-order valence-corrected chi connectivity index (χ1v) is 11.6. The summed E-state index contributed by atoms with van der Waals surface area (Å²) in [4.78, 5) is 29.1. The van der Waals surface area contributed by atoms with Gasteiger partial charge in [0.1, 0.15) is 6.61 Å². The molecule has 0 aliphatic rings. The molecule has 0 aliphatic carbocycles. The number of thiazole rings is 1. The van der Waals surface area contributed by atoms with Crippen LogP contribution in [0.5, 0.6) is 0 Å². The second-order valence-electron chi connectivity index (χ2n) is 7.74. The molecule has 2 amide bonds. The molecule has 0 fully saturated rings. The van der Waals surface area contributed by atoms with E-state index in [1.54, 1.807) is 11.7 Å². The molecule has 2 N–H and O–H groups in total. The summed E-state index contributed by atoms with van der Waals surface area (Å²) in [5, 5.41) is 6.07. The van der Waals surface area contributed by atoms with Crippen molar-refractivity contribution in [2.75, 3.05) is 0 Å². The van der Waals surface area contributed by atoms with Crippen LogP contribution in [0.25, 0.3) is 0 Å². The Morgan fingerprint density at radius 3 is 2.25 bits per heavy atom. The van der Waals surface area contributed by atoms with Crippen LogP contribution in [0.4, 0.5) is 4.79 Å². The fraction of sp³-hybridized carbons (Fsp3) is 0.292. The molecule has 0 spiro atoms. The fourth-order valence-electron chi connectivity index (χ4n) is 3.60. The molecule has 2 aromatic carbocycles. The van der Waals surface area contributed by atoms with Crippen LogP contribution in [-0.2, 0) is 29.0 Å². The third kappa shape index (κ3) is 8.55. The van der Waals surface area contributed by atoms with E-state index >= 15 is 0 Å². The summed E-state index contributed by atoms with van der Waals surface area (Å²) >= 11 is 1.45. The van der Waals surface area contributed by atoms with E-state index in [-0.39, 0.29) is 24.5 Å². The summed E-state index contributed by atoms with van der Waals surface area (Å²) in [6, 6.07) is 20.1. The number of alkyl carbamates (subject to hydrolysis) is 1. The lowest BCUT2D eigenvalue weighted by molar-refractivity contribution is -0.119. The van der Waals surface area contributed by atoms with Crippen LogP contribution in [0, 0.1) is 0 Å². The van der Waals surface area contributed by atoms with Gasteiger partial charge in [0.15, 0.2) is 7.28 Å². The monoisotopic (exact) mass is 449 g/mol. The van der Waals surface area contributed by atoms with Crippen molar-refractivity contribution in [3.63, 3.8) is 0 Å². The summed E-state index contributed by atoms with van der Waals surface area (Å²) in [6.45, 7) is 1.74. The van der Waals surface area contributed by atoms with E-state index in [2.05, 4.69) is 27.8 Å². The molecule has 2 atom stereocenters. The van der Waals surface area contributed by atoms with E-state index in [0.717, 1.165) is 23.2 Å². The molecule has 3 rings (SSSR count). The molecule has 0 radical (unpaired) electrons. The Kier molecular flexibility index (Phi) is 9.31. The van der Waals surface area contributed by atoms with Gasteiger partial charge in [0.05, 0.1) is 10.4 Å². The van der Waals surface area contributed by atoms with Crippen molar-refractivity contribution in [2.45, 2.75) is 44.7 Å². The van der Waals surface area contributed by atoms with E-state index < -0.39 is 6.09 Å². The molecule has 6 nitrogen and oxygen atoms in total. The average Bonchev–Trinajstić information content (AvgIpc) is 3.31. The first-order valence-electron chi connectivity index (χ1n) is 10.7. The molecule has 0 saturated heterocycles. The second kappa shape index (κ2) is 12.7. The molecule has 2 unspecified atom stereocenters. The van der Waals surface area contributed by atoms with Gasteiger partial charge in [-0.05, 0) is 24.0 Å².